The second-order valence-electron chi connectivity index (χ2n) is 4.67. The van der Waals surface area contributed by atoms with Gasteiger partial charge in [-0.15, -0.1) is 11.3 Å². The molecule has 21 heavy (non-hydrogen) atoms. The first-order chi connectivity index (χ1) is 10.0. The summed E-state index contributed by atoms with van der Waals surface area (Å²) in [6, 6.07) is 6.47. The van der Waals surface area contributed by atoms with Crippen LogP contribution in [0.15, 0.2) is 24.3 Å². The third kappa shape index (κ3) is 3.83. The number of amides is 1. The molecule has 0 aliphatic carbocycles. The molecule has 0 radical (unpaired) electrons. The van der Waals surface area contributed by atoms with Crippen LogP contribution in [0.3, 0.4) is 0 Å². The van der Waals surface area contributed by atoms with E-state index >= 15 is 0 Å². The Bertz CT molecular complexity index is 642. The summed E-state index contributed by atoms with van der Waals surface area (Å²) in [5, 5.41) is 3.58. The molecule has 1 N–H and O–H groups in total. The van der Waals surface area contributed by atoms with Crippen molar-refractivity contribution in [1.29, 1.82) is 0 Å². The number of hydrogen-bond donors (Lipinski definition) is 1. The maximum Gasteiger partial charge on any atom is 0.230 e. The fourth-order valence-electron chi connectivity index (χ4n) is 2.04. The number of nitrogens with one attached hydrogen (secondary N) is 1. The fraction of sp³-hybridized carbons (Fsp3) is 0.333. The molecule has 0 aliphatic rings. The fourth-order valence-corrected chi connectivity index (χ4v) is 3.48. The van der Waals surface area contributed by atoms with Crippen LogP contribution in [0.25, 0.3) is 10.6 Å². The topological polar surface area (TPSA) is 42.0 Å². The zero-order valence-corrected chi connectivity index (χ0v) is 13.8. The lowest BCUT2D eigenvalue weighted by atomic mass is 10.2. The van der Waals surface area contributed by atoms with Crippen molar-refractivity contribution in [3.8, 4) is 10.6 Å². The van der Waals surface area contributed by atoms with Gasteiger partial charge in [-0.05, 0) is 32.2 Å². The molecule has 1 heterocycles. The molecule has 0 bridgehead atoms. The summed E-state index contributed by atoms with van der Waals surface area (Å²) in [5.74, 6) is 0.148. The molecule has 1 aromatic heterocycles. The number of aryl methyl sites for hydroxylation is 1. The largest absolute Gasteiger partial charge is 0.348 e. The molecular weight excluding hydrogens is 307 g/mol. The van der Waals surface area contributed by atoms with Gasteiger partial charge in [0.2, 0.25) is 5.91 Å². The van der Waals surface area contributed by atoms with E-state index in [0.717, 1.165) is 10.6 Å². The molecule has 0 fully saturated rings. The van der Waals surface area contributed by atoms with Gasteiger partial charge in [-0.25, -0.2) is 9.37 Å². The molecule has 0 aliphatic heterocycles. The van der Waals surface area contributed by atoms with E-state index in [-0.39, 0.29) is 17.8 Å². The van der Waals surface area contributed by atoms with E-state index in [2.05, 4.69) is 10.3 Å². The van der Waals surface area contributed by atoms with Crippen molar-refractivity contribution in [1.82, 2.24) is 10.3 Å². The Hall–Kier alpha value is -1.40. The molecule has 3 nitrogen and oxygen atoms in total. The summed E-state index contributed by atoms with van der Waals surface area (Å²) in [7, 11) is 0. The first-order valence-corrected chi connectivity index (χ1v) is 8.74. The van der Waals surface area contributed by atoms with Crippen LogP contribution in [0.5, 0.6) is 0 Å². The minimum absolute atomic E-state index is 0.00441. The molecule has 0 unspecified atom stereocenters. The van der Waals surface area contributed by atoms with Gasteiger partial charge in [0.15, 0.2) is 0 Å². The number of benzene rings is 1. The predicted octanol–water partition coefficient (Wildman–Crippen LogP) is 3.80. The molecule has 0 saturated heterocycles. The molecular formula is C15H17FN2OS2. The molecule has 0 saturated carbocycles. The third-order valence-corrected chi connectivity index (χ3v) is 4.91. The van der Waals surface area contributed by atoms with E-state index in [0.29, 0.717) is 16.3 Å². The first-order valence-electron chi connectivity index (χ1n) is 6.53. The Morgan fingerprint density at radius 1 is 1.48 bits per heavy atom. The van der Waals surface area contributed by atoms with Crippen molar-refractivity contribution in [3.05, 3.63) is 40.7 Å². The maximum atomic E-state index is 13.8. The number of nitrogens with zero attached hydrogens (tertiary/aromatic N) is 1. The van der Waals surface area contributed by atoms with Gasteiger partial charge in [0, 0.05) is 5.56 Å². The van der Waals surface area contributed by atoms with E-state index < -0.39 is 0 Å². The second kappa shape index (κ2) is 7.04. The van der Waals surface area contributed by atoms with Crippen molar-refractivity contribution in [3.63, 3.8) is 0 Å². The van der Waals surface area contributed by atoms with Crippen molar-refractivity contribution < 1.29 is 9.18 Å². The average molecular weight is 324 g/mol. The van der Waals surface area contributed by atoms with Gasteiger partial charge in [-0.2, -0.15) is 11.8 Å². The van der Waals surface area contributed by atoms with Crippen LogP contribution in [-0.2, 0) is 4.79 Å². The van der Waals surface area contributed by atoms with E-state index in [4.69, 9.17) is 0 Å². The SMILES string of the molecule is CSCC(=O)N[C@H](C)c1sc(-c2ccccc2F)nc1C. The normalized spacial score (nSPS) is 12.2. The highest BCUT2D eigenvalue weighted by molar-refractivity contribution is 7.99. The number of hydrogen-bond acceptors (Lipinski definition) is 4. The number of aromatic nitrogens is 1. The summed E-state index contributed by atoms with van der Waals surface area (Å²) in [6.45, 7) is 3.80. The third-order valence-electron chi connectivity index (χ3n) is 2.98. The molecule has 1 amide bonds. The van der Waals surface area contributed by atoms with Gasteiger partial charge in [-0.1, -0.05) is 12.1 Å². The van der Waals surface area contributed by atoms with Crippen LogP contribution < -0.4 is 5.32 Å². The second-order valence-corrected chi connectivity index (χ2v) is 6.57. The molecule has 0 spiro atoms. The Morgan fingerprint density at radius 2 is 2.19 bits per heavy atom. The van der Waals surface area contributed by atoms with Crippen molar-refractivity contribution in [2.75, 3.05) is 12.0 Å². The Balaban J connectivity index is 2.23. The lowest BCUT2D eigenvalue weighted by Crippen LogP contribution is -2.27. The molecule has 1 atom stereocenters. The van der Waals surface area contributed by atoms with Crippen LogP contribution >= 0.6 is 23.1 Å². The lowest BCUT2D eigenvalue weighted by molar-refractivity contribution is -0.119. The number of thioether (sulfide) groups is 1. The number of carbonyl (C=O) groups excluding carboxylic acids is 1. The summed E-state index contributed by atoms with van der Waals surface area (Å²) < 4.78 is 13.8. The monoisotopic (exact) mass is 324 g/mol. The highest BCUT2D eigenvalue weighted by Gasteiger charge is 2.18. The molecule has 2 rings (SSSR count). The standard InChI is InChI=1S/C15H17FN2OS2/c1-9(17-13(19)8-20-3)14-10(2)18-15(21-14)11-6-4-5-7-12(11)16/h4-7,9H,8H2,1-3H3,(H,17,19)/t9-/m1/s1. The van der Waals surface area contributed by atoms with E-state index in [1.165, 1.54) is 29.2 Å². The highest BCUT2D eigenvalue weighted by Crippen LogP contribution is 2.32. The smallest absolute Gasteiger partial charge is 0.230 e. The lowest BCUT2D eigenvalue weighted by Gasteiger charge is -2.12. The molecule has 1 aromatic carbocycles. The van der Waals surface area contributed by atoms with Gasteiger partial charge in [0.1, 0.15) is 10.8 Å². The zero-order chi connectivity index (χ0) is 15.4. The van der Waals surface area contributed by atoms with Crippen molar-refractivity contribution in [2.24, 2.45) is 0 Å². The number of thiazole rings is 1. The van der Waals surface area contributed by atoms with Gasteiger partial charge < -0.3 is 5.32 Å². The Labute approximate surface area is 132 Å². The van der Waals surface area contributed by atoms with E-state index in [1.54, 1.807) is 18.2 Å². The Kier molecular flexibility index (Phi) is 5.36. The van der Waals surface area contributed by atoms with E-state index in [9.17, 15) is 9.18 Å². The summed E-state index contributed by atoms with van der Waals surface area (Å²) >= 11 is 2.90. The number of carbonyl (C=O) groups is 1. The highest BCUT2D eigenvalue weighted by atomic mass is 32.2. The average Bonchev–Trinajstić information content (AvgIpc) is 2.81. The maximum absolute atomic E-state index is 13.8. The van der Waals surface area contributed by atoms with Gasteiger partial charge in [-0.3, -0.25) is 4.79 Å². The summed E-state index contributed by atoms with van der Waals surface area (Å²) in [5.41, 5.74) is 1.33. The van der Waals surface area contributed by atoms with Crippen molar-refractivity contribution in [2.45, 2.75) is 19.9 Å². The first kappa shape index (κ1) is 16.0. The number of halogens is 1. The number of rotatable bonds is 5. The van der Waals surface area contributed by atoms with Crippen LogP contribution in [0, 0.1) is 12.7 Å². The van der Waals surface area contributed by atoms with Crippen LogP contribution in [0.1, 0.15) is 23.5 Å². The van der Waals surface area contributed by atoms with Gasteiger partial charge >= 0.3 is 0 Å². The Morgan fingerprint density at radius 3 is 2.86 bits per heavy atom. The molecule has 2 aromatic rings. The van der Waals surface area contributed by atoms with Crippen LogP contribution in [0.4, 0.5) is 4.39 Å². The molecule has 6 heteroatoms. The van der Waals surface area contributed by atoms with Gasteiger partial charge in [0.05, 0.1) is 22.4 Å². The minimum Gasteiger partial charge on any atom is -0.348 e. The van der Waals surface area contributed by atoms with Crippen LogP contribution in [0.2, 0.25) is 0 Å². The summed E-state index contributed by atoms with van der Waals surface area (Å²) in [4.78, 5) is 17.1. The van der Waals surface area contributed by atoms with Crippen molar-refractivity contribution >= 4 is 29.0 Å². The quantitative estimate of drug-likeness (QED) is 0.909. The summed E-state index contributed by atoms with van der Waals surface area (Å²) in [6.07, 6.45) is 1.89. The van der Waals surface area contributed by atoms with Gasteiger partial charge in [0.25, 0.3) is 0 Å². The minimum atomic E-state index is -0.281. The predicted molar refractivity (Wildman–Crippen MR) is 87.2 cm³/mol. The zero-order valence-electron chi connectivity index (χ0n) is 12.1. The molecule has 112 valence electrons. The van der Waals surface area contributed by atoms with E-state index in [1.807, 2.05) is 20.1 Å². The van der Waals surface area contributed by atoms with Crippen LogP contribution in [-0.4, -0.2) is 22.9 Å².